The minimum absolute atomic E-state index is 0.0303. The molecule has 0 atom stereocenters. The molecule has 0 spiro atoms. The van der Waals surface area contributed by atoms with Crippen LogP contribution in [0.2, 0.25) is 5.02 Å². The third kappa shape index (κ3) is 5.14. The minimum atomic E-state index is -3.68. The Morgan fingerprint density at radius 3 is 2.52 bits per heavy atom. The standard InChI is InChI=1S/C16H15ClF2N2O3S/c1-25(23,24)21(13-5-6-15(19)14(17)10-13)8-7-20-16(22)11-3-2-4-12(18)9-11/h2-6,9-10H,7-8H2,1H3,(H,20,22). The van der Waals surface area contributed by atoms with Gasteiger partial charge in [0.25, 0.3) is 5.91 Å². The number of halogens is 3. The van der Waals surface area contributed by atoms with Gasteiger partial charge in [-0.3, -0.25) is 9.10 Å². The highest BCUT2D eigenvalue weighted by molar-refractivity contribution is 7.92. The van der Waals surface area contributed by atoms with Gasteiger partial charge in [0.15, 0.2) is 0 Å². The van der Waals surface area contributed by atoms with Crippen molar-refractivity contribution in [2.75, 3.05) is 23.7 Å². The molecule has 134 valence electrons. The van der Waals surface area contributed by atoms with Crippen molar-refractivity contribution in [3.8, 4) is 0 Å². The van der Waals surface area contributed by atoms with E-state index in [4.69, 9.17) is 11.6 Å². The number of nitrogens with one attached hydrogen (secondary N) is 1. The van der Waals surface area contributed by atoms with Crippen LogP contribution < -0.4 is 9.62 Å². The van der Waals surface area contributed by atoms with E-state index in [1.165, 1.54) is 30.3 Å². The molecule has 0 radical (unpaired) electrons. The summed E-state index contributed by atoms with van der Waals surface area (Å²) in [6.45, 7) is -0.126. The zero-order valence-corrected chi connectivity index (χ0v) is 14.7. The molecule has 5 nitrogen and oxygen atoms in total. The Hall–Kier alpha value is -2.19. The van der Waals surface area contributed by atoms with Crippen LogP contribution in [0.5, 0.6) is 0 Å². The van der Waals surface area contributed by atoms with Crippen LogP contribution in [-0.2, 0) is 10.0 Å². The van der Waals surface area contributed by atoms with Gasteiger partial charge in [-0.15, -0.1) is 0 Å². The van der Waals surface area contributed by atoms with Crippen molar-refractivity contribution in [3.63, 3.8) is 0 Å². The van der Waals surface area contributed by atoms with E-state index in [-0.39, 0.29) is 29.4 Å². The fourth-order valence-corrected chi connectivity index (χ4v) is 3.22. The molecule has 0 aliphatic carbocycles. The van der Waals surface area contributed by atoms with Gasteiger partial charge in [0.05, 0.1) is 23.5 Å². The number of sulfonamides is 1. The van der Waals surface area contributed by atoms with Crippen molar-refractivity contribution in [2.45, 2.75) is 0 Å². The Labute approximate surface area is 149 Å². The number of benzene rings is 2. The number of nitrogens with zero attached hydrogens (tertiary/aromatic N) is 1. The molecule has 2 aromatic carbocycles. The van der Waals surface area contributed by atoms with Gasteiger partial charge in [-0.05, 0) is 36.4 Å². The second kappa shape index (κ2) is 7.79. The van der Waals surface area contributed by atoms with Gasteiger partial charge in [0.2, 0.25) is 10.0 Å². The van der Waals surface area contributed by atoms with Crippen LogP contribution in [-0.4, -0.2) is 33.7 Å². The van der Waals surface area contributed by atoms with E-state index < -0.39 is 27.6 Å². The minimum Gasteiger partial charge on any atom is -0.350 e. The molecule has 2 aromatic rings. The van der Waals surface area contributed by atoms with Crippen LogP contribution in [0.25, 0.3) is 0 Å². The normalized spacial score (nSPS) is 11.2. The number of hydrogen-bond donors (Lipinski definition) is 1. The third-order valence-corrected chi connectivity index (χ3v) is 4.76. The van der Waals surface area contributed by atoms with Crippen LogP contribution in [0, 0.1) is 11.6 Å². The van der Waals surface area contributed by atoms with Gasteiger partial charge in [0.1, 0.15) is 11.6 Å². The van der Waals surface area contributed by atoms with Gasteiger partial charge >= 0.3 is 0 Å². The van der Waals surface area contributed by atoms with E-state index in [1.54, 1.807) is 0 Å². The van der Waals surface area contributed by atoms with Gasteiger partial charge in [-0.1, -0.05) is 17.7 Å². The molecular weight excluding hydrogens is 374 g/mol. The molecule has 0 bridgehead atoms. The molecule has 0 fully saturated rings. The van der Waals surface area contributed by atoms with E-state index in [9.17, 15) is 22.0 Å². The highest BCUT2D eigenvalue weighted by atomic mass is 35.5. The van der Waals surface area contributed by atoms with Crippen LogP contribution in [0.4, 0.5) is 14.5 Å². The number of carbonyl (C=O) groups excluding carboxylic acids is 1. The average molecular weight is 389 g/mol. The number of anilines is 1. The first-order valence-corrected chi connectivity index (χ1v) is 9.37. The Bertz CT molecular complexity index is 891. The van der Waals surface area contributed by atoms with E-state index >= 15 is 0 Å². The molecular formula is C16H15ClF2N2O3S. The van der Waals surface area contributed by atoms with E-state index in [0.717, 1.165) is 22.7 Å². The fourth-order valence-electron chi connectivity index (χ4n) is 2.13. The fraction of sp³-hybridized carbons (Fsp3) is 0.188. The number of rotatable bonds is 6. The van der Waals surface area contributed by atoms with Crippen molar-refractivity contribution < 1.29 is 22.0 Å². The predicted molar refractivity (Wildman–Crippen MR) is 92.3 cm³/mol. The van der Waals surface area contributed by atoms with E-state index in [2.05, 4.69) is 5.32 Å². The Morgan fingerprint density at radius 2 is 1.92 bits per heavy atom. The number of carbonyl (C=O) groups is 1. The van der Waals surface area contributed by atoms with E-state index in [1.807, 2.05) is 0 Å². The molecule has 0 aromatic heterocycles. The summed E-state index contributed by atoms with van der Waals surface area (Å²) in [5.74, 6) is -1.75. The molecule has 1 amide bonds. The molecule has 25 heavy (non-hydrogen) atoms. The van der Waals surface area contributed by atoms with Crippen LogP contribution in [0.3, 0.4) is 0 Å². The maximum absolute atomic E-state index is 13.2. The SMILES string of the molecule is CS(=O)(=O)N(CCNC(=O)c1cccc(F)c1)c1ccc(F)c(Cl)c1. The summed E-state index contributed by atoms with van der Waals surface area (Å²) in [5.41, 5.74) is 0.296. The summed E-state index contributed by atoms with van der Waals surface area (Å²) in [7, 11) is -3.68. The van der Waals surface area contributed by atoms with Gasteiger partial charge in [0, 0.05) is 12.1 Å². The number of hydrogen-bond acceptors (Lipinski definition) is 3. The summed E-state index contributed by atoms with van der Waals surface area (Å²) in [6.07, 6.45) is 0.985. The summed E-state index contributed by atoms with van der Waals surface area (Å²) >= 11 is 5.69. The Kier molecular flexibility index (Phi) is 5.97. The maximum Gasteiger partial charge on any atom is 0.251 e. The van der Waals surface area contributed by atoms with Gasteiger partial charge in [-0.25, -0.2) is 17.2 Å². The lowest BCUT2D eigenvalue weighted by atomic mass is 10.2. The molecule has 0 aliphatic heterocycles. The van der Waals surface area contributed by atoms with Crippen molar-refractivity contribution in [1.82, 2.24) is 5.32 Å². The predicted octanol–water partition coefficient (Wildman–Crippen LogP) is 2.81. The first kappa shape index (κ1) is 19.1. The van der Waals surface area contributed by atoms with Crippen molar-refractivity contribution in [1.29, 1.82) is 0 Å². The molecule has 0 saturated carbocycles. The summed E-state index contributed by atoms with van der Waals surface area (Å²) < 4.78 is 51.2. The molecule has 0 saturated heterocycles. The monoisotopic (exact) mass is 388 g/mol. The highest BCUT2D eigenvalue weighted by Crippen LogP contribution is 2.24. The summed E-state index contributed by atoms with van der Waals surface area (Å²) in [4.78, 5) is 11.9. The second-order valence-electron chi connectivity index (χ2n) is 5.20. The van der Waals surface area contributed by atoms with Crippen molar-refractivity contribution in [3.05, 3.63) is 64.7 Å². The summed E-state index contributed by atoms with van der Waals surface area (Å²) in [6, 6.07) is 8.63. The zero-order valence-electron chi connectivity index (χ0n) is 13.2. The van der Waals surface area contributed by atoms with E-state index in [0.29, 0.717) is 0 Å². The van der Waals surface area contributed by atoms with Crippen molar-refractivity contribution in [2.24, 2.45) is 0 Å². The van der Waals surface area contributed by atoms with Crippen LogP contribution in [0.1, 0.15) is 10.4 Å². The topological polar surface area (TPSA) is 66.5 Å². The number of amides is 1. The lowest BCUT2D eigenvalue weighted by Crippen LogP contribution is -2.38. The maximum atomic E-state index is 13.2. The zero-order chi connectivity index (χ0) is 18.6. The molecule has 0 aliphatic rings. The molecule has 0 unspecified atom stereocenters. The Balaban J connectivity index is 2.08. The molecule has 1 N–H and O–H groups in total. The molecule has 9 heteroatoms. The Morgan fingerprint density at radius 1 is 1.20 bits per heavy atom. The lowest BCUT2D eigenvalue weighted by Gasteiger charge is -2.22. The van der Waals surface area contributed by atoms with Gasteiger partial charge < -0.3 is 5.32 Å². The first-order chi connectivity index (χ1) is 11.7. The molecule has 2 rings (SSSR count). The smallest absolute Gasteiger partial charge is 0.251 e. The van der Waals surface area contributed by atoms with Crippen molar-refractivity contribution >= 4 is 33.2 Å². The molecule has 0 heterocycles. The van der Waals surface area contributed by atoms with Crippen LogP contribution in [0.15, 0.2) is 42.5 Å². The van der Waals surface area contributed by atoms with Crippen LogP contribution >= 0.6 is 11.6 Å². The highest BCUT2D eigenvalue weighted by Gasteiger charge is 2.19. The third-order valence-electron chi connectivity index (χ3n) is 3.28. The average Bonchev–Trinajstić information content (AvgIpc) is 2.53. The van der Waals surface area contributed by atoms with Gasteiger partial charge in [-0.2, -0.15) is 0 Å². The first-order valence-electron chi connectivity index (χ1n) is 7.15. The largest absolute Gasteiger partial charge is 0.350 e. The lowest BCUT2D eigenvalue weighted by molar-refractivity contribution is 0.0954. The second-order valence-corrected chi connectivity index (χ2v) is 7.51. The quantitative estimate of drug-likeness (QED) is 0.827. The summed E-state index contributed by atoms with van der Waals surface area (Å²) in [5, 5.41) is 2.29.